The summed E-state index contributed by atoms with van der Waals surface area (Å²) < 4.78 is 16.9. The van der Waals surface area contributed by atoms with Crippen molar-refractivity contribution >= 4 is 27.7 Å². The van der Waals surface area contributed by atoms with E-state index in [9.17, 15) is 14.9 Å². The summed E-state index contributed by atoms with van der Waals surface area (Å²) in [6, 6.07) is 4.63. The topological polar surface area (TPSA) is 111 Å². The van der Waals surface area contributed by atoms with Gasteiger partial charge in [0, 0.05) is 37.8 Å². The molecule has 0 aliphatic carbocycles. The highest BCUT2D eigenvalue weighted by Gasteiger charge is 2.21. The average Bonchev–Trinajstić information content (AvgIpc) is 3.13. The maximum absolute atomic E-state index is 12.1. The van der Waals surface area contributed by atoms with Crippen LogP contribution in [0.1, 0.15) is 18.9 Å². The fourth-order valence-corrected chi connectivity index (χ4v) is 3.75. The molecular formula is C20H23N3O6. The SMILES string of the molecule is CCCc1cc(=O)oc2c1c(OCCN1CCOCC1)cc1[nH]c([N+](=O)[O-])cc12. The first-order valence-corrected chi connectivity index (χ1v) is 9.76. The van der Waals surface area contributed by atoms with Crippen LogP contribution in [0, 0.1) is 10.1 Å². The molecule has 0 radical (unpaired) electrons. The molecule has 9 nitrogen and oxygen atoms in total. The molecule has 1 N–H and O–H groups in total. The summed E-state index contributed by atoms with van der Waals surface area (Å²) in [4.78, 5) is 27.9. The van der Waals surface area contributed by atoms with Crippen LogP contribution < -0.4 is 10.4 Å². The minimum atomic E-state index is -0.501. The van der Waals surface area contributed by atoms with Gasteiger partial charge in [-0.3, -0.25) is 4.90 Å². The Bertz CT molecular complexity index is 1100. The van der Waals surface area contributed by atoms with Crippen LogP contribution >= 0.6 is 0 Å². The van der Waals surface area contributed by atoms with E-state index in [1.54, 1.807) is 6.07 Å². The Kier molecular flexibility index (Phi) is 5.50. The van der Waals surface area contributed by atoms with Crippen LogP contribution in [-0.2, 0) is 11.2 Å². The van der Waals surface area contributed by atoms with Crippen molar-refractivity contribution < 1.29 is 18.8 Å². The lowest BCUT2D eigenvalue weighted by molar-refractivity contribution is -0.389. The quantitative estimate of drug-likeness (QED) is 0.368. The number of nitro groups is 1. The van der Waals surface area contributed by atoms with Gasteiger partial charge in [-0.15, -0.1) is 0 Å². The molecule has 0 bridgehead atoms. The van der Waals surface area contributed by atoms with Crippen LogP contribution in [0.4, 0.5) is 5.82 Å². The first-order chi connectivity index (χ1) is 14.1. The maximum Gasteiger partial charge on any atom is 0.336 e. The second-order valence-electron chi connectivity index (χ2n) is 7.09. The van der Waals surface area contributed by atoms with Gasteiger partial charge in [-0.2, -0.15) is 0 Å². The Morgan fingerprint density at radius 3 is 2.79 bits per heavy atom. The molecule has 0 amide bonds. The van der Waals surface area contributed by atoms with Gasteiger partial charge in [0.25, 0.3) is 0 Å². The highest BCUT2D eigenvalue weighted by Crippen LogP contribution is 2.37. The van der Waals surface area contributed by atoms with Crippen LogP contribution in [-0.4, -0.2) is 54.3 Å². The van der Waals surface area contributed by atoms with Gasteiger partial charge in [0.05, 0.1) is 24.0 Å². The van der Waals surface area contributed by atoms with E-state index in [0.29, 0.717) is 53.9 Å². The van der Waals surface area contributed by atoms with Gasteiger partial charge in [0.15, 0.2) is 5.58 Å². The van der Waals surface area contributed by atoms with Crippen LogP contribution in [0.5, 0.6) is 5.75 Å². The number of rotatable bonds is 7. The number of hydrogen-bond donors (Lipinski definition) is 1. The molecule has 3 aromatic rings. The van der Waals surface area contributed by atoms with Gasteiger partial charge in [0.2, 0.25) is 0 Å². The number of nitrogens with zero attached hydrogens (tertiary/aromatic N) is 2. The average molecular weight is 401 g/mol. The van der Waals surface area contributed by atoms with Crippen molar-refractivity contribution in [3.8, 4) is 5.75 Å². The molecule has 29 heavy (non-hydrogen) atoms. The van der Waals surface area contributed by atoms with Crippen molar-refractivity contribution in [2.24, 2.45) is 0 Å². The lowest BCUT2D eigenvalue weighted by Crippen LogP contribution is -2.38. The molecule has 1 aliphatic rings. The second kappa shape index (κ2) is 8.22. The van der Waals surface area contributed by atoms with Crippen molar-refractivity contribution in [2.45, 2.75) is 19.8 Å². The Hall–Kier alpha value is -2.91. The number of fused-ring (bicyclic) bond motifs is 3. The molecule has 154 valence electrons. The van der Waals surface area contributed by atoms with Gasteiger partial charge in [-0.25, -0.2) is 9.78 Å². The molecule has 4 rings (SSSR count). The molecule has 9 heteroatoms. The number of H-pyrrole nitrogens is 1. The molecule has 0 spiro atoms. The Labute approximate surface area is 166 Å². The summed E-state index contributed by atoms with van der Waals surface area (Å²) in [6.07, 6.45) is 1.52. The third kappa shape index (κ3) is 3.96. The fourth-order valence-electron chi connectivity index (χ4n) is 3.75. The van der Waals surface area contributed by atoms with Crippen molar-refractivity contribution in [2.75, 3.05) is 39.5 Å². The maximum atomic E-state index is 12.1. The summed E-state index contributed by atoms with van der Waals surface area (Å²) in [5.74, 6) is 0.403. The highest BCUT2D eigenvalue weighted by molar-refractivity contribution is 6.08. The van der Waals surface area contributed by atoms with Gasteiger partial charge < -0.3 is 24.0 Å². The standard InChI is InChI=1S/C20H23N3O6/c1-2-3-13-10-18(24)29-20-14-11-17(23(25)26)21-15(14)12-16(19(13)20)28-9-6-22-4-7-27-8-5-22/h10-12,21H,2-9H2,1H3. The van der Waals surface area contributed by atoms with Crippen molar-refractivity contribution in [1.82, 2.24) is 9.88 Å². The number of aromatic nitrogens is 1. The van der Waals surface area contributed by atoms with Crippen LogP contribution in [0.25, 0.3) is 21.9 Å². The predicted octanol–water partition coefficient (Wildman–Crippen LogP) is 2.85. The first kappa shape index (κ1) is 19.4. The van der Waals surface area contributed by atoms with Gasteiger partial charge >= 0.3 is 11.4 Å². The largest absolute Gasteiger partial charge is 0.491 e. The van der Waals surface area contributed by atoms with E-state index in [0.717, 1.165) is 31.6 Å². The molecule has 2 aromatic heterocycles. The normalized spacial score (nSPS) is 15.2. The minimum Gasteiger partial charge on any atom is -0.491 e. The second-order valence-corrected chi connectivity index (χ2v) is 7.09. The molecule has 1 aromatic carbocycles. The third-order valence-corrected chi connectivity index (χ3v) is 5.13. The zero-order valence-electron chi connectivity index (χ0n) is 16.2. The van der Waals surface area contributed by atoms with E-state index < -0.39 is 10.5 Å². The van der Waals surface area contributed by atoms with E-state index in [4.69, 9.17) is 13.9 Å². The van der Waals surface area contributed by atoms with E-state index >= 15 is 0 Å². The van der Waals surface area contributed by atoms with E-state index in [1.165, 1.54) is 12.1 Å². The summed E-state index contributed by atoms with van der Waals surface area (Å²) >= 11 is 0. The molecule has 0 atom stereocenters. The fraction of sp³-hybridized carbons (Fsp3) is 0.450. The third-order valence-electron chi connectivity index (χ3n) is 5.13. The molecule has 0 saturated carbocycles. The molecule has 3 heterocycles. The number of aryl methyl sites for hydroxylation is 1. The number of hydrogen-bond acceptors (Lipinski definition) is 7. The minimum absolute atomic E-state index is 0.157. The van der Waals surface area contributed by atoms with E-state index in [-0.39, 0.29) is 5.82 Å². The summed E-state index contributed by atoms with van der Waals surface area (Å²) in [5, 5.41) is 12.4. The number of nitrogens with one attached hydrogen (secondary N) is 1. The van der Waals surface area contributed by atoms with Crippen molar-refractivity contribution in [3.05, 3.63) is 44.3 Å². The zero-order chi connectivity index (χ0) is 20.4. The van der Waals surface area contributed by atoms with Crippen LogP contribution in [0.3, 0.4) is 0 Å². The van der Waals surface area contributed by atoms with Crippen LogP contribution in [0.15, 0.2) is 27.4 Å². The molecule has 1 aliphatic heterocycles. The summed E-state index contributed by atoms with van der Waals surface area (Å²) in [6.45, 7) is 6.38. The summed E-state index contributed by atoms with van der Waals surface area (Å²) in [7, 11) is 0. The Morgan fingerprint density at radius 2 is 2.07 bits per heavy atom. The van der Waals surface area contributed by atoms with Gasteiger partial charge in [-0.05, 0) is 16.9 Å². The number of aromatic amines is 1. The van der Waals surface area contributed by atoms with Crippen LogP contribution in [0.2, 0.25) is 0 Å². The molecule has 1 fully saturated rings. The zero-order valence-corrected chi connectivity index (χ0v) is 16.2. The number of benzene rings is 1. The molecule has 0 unspecified atom stereocenters. The van der Waals surface area contributed by atoms with Gasteiger partial charge in [-0.1, -0.05) is 13.3 Å². The predicted molar refractivity (Wildman–Crippen MR) is 108 cm³/mol. The van der Waals surface area contributed by atoms with Crippen molar-refractivity contribution in [3.63, 3.8) is 0 Å². The highest BCUT2D eigenvalue weighted by atomic mass is 16.6. The molecular weight excluding hydrogens is 378 g/mol. The Balaban J connectivity index is 1.77. The molecule has 1 saturated heterocycles. The van der Waals surface area contributed by atoms with Crippen molar-refractivity contribution in [1.29, 1.82) is 0 Å². The first-order valence-electron chi connectivity index (χ1n) is 9.76. The Morgan fingerprint density at radius 1 is 1.28 bits per heavy atom. The lowest BCUT2D eigenvalue weighted by atomic mass is 10.0. The number of morpholine rings is 1. The monoisotopic (exact) mass is 401 g/mol. The lowest BCUT2D eigenvalue weighted by Gasteiger charge is -2.26. The summed E-state index contributed by atoms with van der Waals surface area (Å²) in [5.41, 5.74) is 1.17. The number of ether oxygens (including phenoxy) is 2. The van der Waals surface area contributed by atoms with Gasteiger partial charge in [0.1, 0.15) is 17.9 Å². The smallest absolute Gasteiger partial charge is 0.336 e. The van der Waals surface area contributed by atoms with E-state index in [2.05, 4.69) is 9.88 Å². The van der Waals surface area contributed by atoms with E-state index in [1.807, 2.05) is 6.92 Å².